The summed E-state index contributed by atoms with van der Waals surface area (Å²) in [6.07, 6.45) is -1.60. The lowest BCUT2D eigenvalue weighted by Crippen LogP contribution is -2.44. The molecule has 2 aliphatic heterocycles. The number of amides is 2. The molecular formula is C17H22N2O5. The quantitative estimate of drug-likeness (QED) is 0.858. The number of ether oxygens (including phenoxy) is 3. The number of benzene rings is 1. The van der Waals surface area contributed by atoms with Crippen molar-refractivity contribution in [3.8, 4) is 0 Å². The van der Waals surface area contributed by atoms with E-state index in [0.717, 1.165) is 5.56 Å². The fraction of sp³-hybridized carbons (Fsp3) is 0.529. The zero-order chi connectivity index (χ0) is 17.1. The van der Waals surface area contributed by atoms with Crippen LogP contribution in [0, 0.1) is 6.92 Å². The summed E-state index contributed by atoms with van der Waals surface area (Å²) in [7, 11) is 0. The number of rotatable bonds is 4. The van der Waals surface area contributed by atoms with Crippen molar-refractivity contribution in [2.24, 2.45) is 0 Å². The van der Waals surface area contributed by atoms with Gasteiger partial charge in [0, 0.05) is 12.1 Å². The summed E-state index contributed by atoms with van der Waals surface area (Å²) >= 11 is 0. The molecule has 7 nitrogen and oxygen atoms in total. The van der Waals surface area contributed by atoms with Crippen LogP contribution in [0.2, 0.25) is 0 Å². The zero-order valence-corrected chi connectivity index (χ0v) is 13.8. The van der Waals surface area contributed by atoms with Crippen LogP contribution in [0.5, 0.6) is 0 Å². The summed E-state index contributed by atoms with van der Waals surface area (Å²) in [4.78, 5) is 23.9. The number of nitrogens with one attached hydrogen (secondary N) is 2. The second kappa shape index (κ2) is 7.19. The first kappa shape index (κ1) is 16.7. The number of carbonyl (C=O) groups is 2. The van der Waals surface area contributed by atoms with Crippen molar-refractivity contribution in [1.29, 1.82) is 0 Å². The highest BCUT2D eigenvalue weighted by Crippen LogP contribution is 2.29. The van der Waals surface area contributed by atoms with Gasteiger partial charge in [-0.15, -0.1) is 0 Å². The molecule has 130 valence electrons. The monoisotopic (exact) mass is 334 g/mol. The van der Waals surface area contributed by atoms with E-state index in [1.165, 1.54) is 0 Å². The van der Waals surface area contributed by atoms with Crippen molar-refractivity contribution < 1.29 is 23.8 Å². The molecule has 1 aromatic carbocycles. The van der Waals surface area contributed by atoms with Gasteiger partial charge in [0.25, 0.3) is 5.91 Å². The molecule has 0 unspecified atom stereocenters. The van der Waals surface area contributed by atoms with Crippen LogP contribution in [0.3, 0.4) is 0 Å². The van der Waals surface area contributed by atoms with Crippen LogP contribution >= 0.6 is 0 Å². The maximum absolute atomic E-state index is 12.3. The van der Waals surface area contributed by atoms with Crippen LogP contribution in [0.4, 0.5) is 4.79 Å². The summed E-state index contributed by atoms with van der Waals surface area (Å²) in [5, 5.41) is 5.52. The minimum absolute atomic E-state index is 0.166. The second-order valence-electron chi connectivity index (χ2n) is 6.02. The van der Waals surface area contributed by atoms with Gasteiger partial charge in [0.05, 0.1) is 19.3 Å². The first-order valence-corrected chi connectivity index (χ1v) is 8.13. The highest BCUT2D eigenvalue weighted by atomic mass is 16.6. The number of hydrogen-bond donors (Lipinski definition) is 2. The van der Waals surface area contributed by atoms with E-state index >= 15 is 0 Å². The molecule has 2 fully saturated rings. The molecule has 0 bridgehead atoms. The number of hydrogen-bond acceptors (Lipinski definition) is 5. The van der Waals surface area contributed by atoms with Gasteiger partial charge in [-0.3, -0.25) is 4.79 Å². The molecule has 0 aliphatic carbocycles. The summed E-state index contributed by atoms with van der Waals surface area (Å²) < 4.78 is 16.7. The van der Waals surface area contributed by atoms with Gasteiger partial charge in [0.2, 0.25) is 0 Å². The third-order valence-electron chi connectivity index (χ3n) is 4.22. The molecule has 1 aromatic rings. The molecule has 2 N–H and O–H groups in total. The summed E-state index contributed by atoms with van der Waals surface area (Å²) in [5.74, 6) is -0.166. The normalized spacial score (nSPS) is 28.2. The Kier molecular flexibility index (Phi) is 5.01. The Morgan fingerprint density at radius 2 is 1.88 bits per heavy atom. The van der Waals surface area contributed by atoms with Gasteiger partial charge in [-0.25, -0.2) is 4.79 Å². The molecule has 2 aliphatic rings. The maximum atomic E-state index is 12.3. The third kappa shape index (κ3) is 3.52. The average molecular weight is 334 g/mol. The predicted octanol–water partition coefficient (Wildman–Crippen LogP) is 1.01. The number of alkyl carbamates (subject to hydrolysis) is 1. The highest BCUT2D eigenvalue weighted by Gasteiger charge is 2.50. The van der Waals surface area contributed by atoms with Crippen LogP contribution < -0.4 is 10.6 Å². The van der Waals surface area contributed by atoms with E-state index in [1.54, 1.807) is 12.1 Å². The van der Waals surface area contributed by atoms with Crippen LogP contribution in [0.25, 0.3) is 0 Å². The van der Waals surface area contributed by atoms with Gasteiger partial charge < -0.3 is 24.8 Å². The Morgan fingerprint density at radius 1 is 1.17 bits per heavy atom. The van der Waals surface area contributed by atoms with Crippen molar-refractivity contribution in [2.45, 2.75) is 38.2 Å². The third-order valence-corrected chi connectivity index (χ3v) is 4.22. The number of aryl methyl sites for hydroxylation is 1. The smallest absolute Gasteiger partial charge is 0.407 e. The first-order valence-electron chi connectivity index (χ1n) is 8.13. The van der Waals surface area contributed by atoms with Gasteiger partial charge in [-0.2, -0.15) is 0 Å². The van der Waals surface area contributed by atoms with E-state index in [2.05, 4.69) is 10.6 Å². The lowest BCUT2D eigenvalue weighted by atomic mass is 10.1. The van der Waals surface area contributed by atoms with Crippen molar-refractivity contribution in [1.82, 2.24) is 10.6 Å². The van der Waals surface area contributed by atoms with Crippen LogP contribution in [-0.4, -0.2) is 56.1 Å². The van der Waals surface area contributed by atoms with Crippen molar-refractivity contribution in [2.75, 3.05) is 19.8 Å². The topological polar surface area (TPSA) is 85.9 Å². The zero-order valence-electron chi connectivity index (χ0n) is 13.8. The van der Waals surface area contributed by atoms with Crippen molar-refractivity contribution in [3.63, 3.8) is 0 Å². The first-order chi connectivity index (χ1) is 11.6. The minimum Gasteiger partial charge on any atom is -0.441 e. The SMILES string of the molecule is CCNC(=O)O[C@H]1CO[C@@H]2[C@@H]1OC[C@@H]2NC(=O)c1ccc(C)cc1. The summed E-state index contributed by atoms with van der Waals surface area (Å²) in [6.45, 7) is 4.89. The number of fused-ring (bicyclic) bond motifs is 1. The molecule has 0 radical (unpaired) electrons. The van der Waals surface area contributed by atoms with Gasteiger partial charge in [-0.1, -0.05) is 17.7 Å². The van der Waals surface area contributed by atoms with Crippen LogP contribution in [0.1, 0.15) is 22.8 Å². The number of carbonyl (C=O) groups excluding carboxylic acids is 2. The molecule has 0 saturated carbocycles. The highest BCUT2D eigenvalue weighted by molar-refractivity contribution is 5.94. The molecule has 24 heavy (non-hydrogen) atoms. The van der Waals surface area contributed by atoms with Crippen LogP contribution in [-0.2, 0) is 14.2 Å². The summed E-state index contributed by atoms with van der Waals surface area (Å²) in [6, 6.07) is 7.10. The minimum atomic E-state index is -0.484. The van der Waals surface area contributed by atoms with Crippen LogP contribution in [0.15, 0.2) is 24.3 Å². The molecule has 4 atom stereocenters. The van der Waals surface area contributed by atoms with Crippen molar-refractivity contribution >= 4 is 12.0 Å². The standard InChI is InChI=1S/C17H22N2O5/c1-3-18-17(21)24-13-9-23-14-12(8-22-15(13)14)19-16(20)11-6-4-10(2)5-7-11/h4-7,12-15H,3,8-9H2,1-2H3,(H,18,21)(H,19,20)/t12-,13-,14-,15+/m0/s1. The maximum Gasteiger partial charge on any atom is 0.407 e. The van der Waals surface area contributed by atoms with E-state index in [-0.39, 0.29) is 30.8 Å². The predicted molar refractivity (Wildman–Crippen MR) is 85.9 cm³/mol. The fourth-order valence-electron chi connectivity index (χ4n) is 2.97. The van der Waals surface area contributed by atoms with Gasteiger partial charge >= 0.3 is 6.09 Å². The molecule has 0 spiro atoms. The van der Waals surface area contributed by atoms with Gasteiger partial charge in [0.1, 0.15) is 12.2 Å². The van der Waals surface area contributed by atoms with E-state index < -0.39 is 12.2 Å². The van der Waals surface area contributed by atoms with Crippen molar-refractivity contribution in [3.05, 3.63) is 35.4 Å². The van der Waals surface area contributed by atoms with Gasteiger partial charge in [-0.05, 0) is 26.0 Å². The molecule has 2 saturated heterocycles. The molecule has 2 heterocycles. The Balaban J connectivity index is 1.57. The Hall–Kier alpha value is -2.12. The largest absolute Gasteiger partial charge is 0.441 e. The van der Waals surface area contributed by atoms with Gasteiger partial charge in [0.15, 0.2) is 6.10 Å². The fourth-order valence-corrected chi connectivity index (χ4v) is 2.97. The molecule has 3 rings (SSSR count). The van der Waals surface area contributed by atoms with E-state index in [4.69, 9.17) is 14.2 Å². The van der Waals surface area contributed by atoms with E-state index in [0.29, 0.717) is 18.7 Å². The second-order valence-corrected chi connectivity index (χ2v) is 6.02. The molecule has 7 heteroatoms. The Labute approximate surface area is 140 Å². The molecule has 0 aromatic heterocycles. The lowest BCUT2D eigenvalue weighted by Gasteiger charge is -2.18. The Bertz CT molecular complexity index is 604. The molecule has 2 amide bonds. The van der Waals surface area contributed by atoms with E-state index in [1.807, 2.05) is 26.0 Å². The average Bonchev–Trinajstić information content (AvgIpc) is 3.12. The van der Waals surface area contributed by atoms with E-state index in [9.17, 15) is 9.59 Å². The Morgan fingerprint density at radius 3 is 2.58 bits per heavy atom. The molecular weight excluding hydrogens is 312 g/mol. The lowest BCUT2D eigenvalue weighted by molar-refractivity contribution is 0.00408. The summed E-state index contributed by atoms with van der Waals surface area (Å²) in [5.41, 5.74) is 1.69.